The number of nitrogens with zero attached hydrogens (tertiary/aromatic N) is 3. The third-order valence-corrected chi connectivity index (χ3v) is 6.62. The number of carbonyl (C=O) groups excluding carboxylic acids is 1. The number of hydrogen-bond acceptors (Lipinski definition) is 4. The van der Waals surface area contributed by atoms with Gasteiger partial charge in [-0.2, -0.15) is 0 Å². The number of para-hydroxylation sites is 3. The van der Waals surface area contributed by atoms with E-state index in [4.69, 9.17) is 9.72 Å². The van der Waals surface area contributed by atoms with Crippen molar-refractivity contribution in [2.45, 2.75) is 78.2 Å². The molecule has 3 rings (SSSR count). The van der Waals surface area contributed by atoms with Crippen molar-refractivity contribution < 1.29 is 9.53 Å². The molecule has 0 bridgehead atoms. The molecule has 0 saturated carbocycles. The van der Waals surface area contributed by atoms with Gasteiger partial charge in [-0.15, -0.1) is 0 Å². The van der Waals surface area contributed by atoms with E-state index >= 15 is 0 Å². The van der Waals surface area contributed by atoms with Gasteiger partial charge in [0.15, 0.2) is 0 Å². The van der Waals surface area contributed by atoms with Gasteiger partial charge >= 0.3 is 0 Å². The Kier molecular flexibility index (Phi) is 9.88. The molecule has 1 heterocycles. The third kappa shape index (κ3) is 6.30. The molecule has 1 amide bonds. The predicted octanol–water partition coefficient (Wildman–Crippen LogP) is 6.44. The van der Waals surface area contributed by atoms with E-state index in [1.54, 1.807) is 17.7 Å². The van der Waals surface area contributed by atoms with Crippen LogP contribution in [0.15, 0.2) is 53.3 Å². The average Bonchev–Trinajstić information content (AvgIpc) is 2.88. The van der Waals surface area contributed by atoms with Crippen molar-refractivity contribution in [3.8, 4) is 11.4 Å². The molecule has 0 spiro atoms. The summed E-state index contributed by atoms with van der Waals surface area (Å²) in [6.07, 6.45) is 8.68. The second kappa shape index (κ2) is 13.1. The van der Waals surface area contributed by atoms with E-state index in [2.05, 4.69) is 6.92 Å². The van der Waals surface area contributed by atoms with Crippen molar-refractivity contribution in [1.82, 2.24) is 14.5 Å². The fourth-order valence-electron chi connectivity index (χ4n) is 4.66. The van der Waals surface area contributed by atoms with E-state index in [0.29, 0.717) is 41.1 Å². The summed E-state index contributed by atoms with van der Waals surface area (Å²) >= 11 is 0. The van der Waals surface area contributed by atoms with Crippen LogP contribution in [-0.4, -0.2) is 34.0 Å². The lowest BCUT2D eigenvalue weighted by Gasteiger charge is -2.30. The van der Waals surface area contributed by atoms with Gasteiger partial charge in [-0.05, 0) is 44.5 Å². The van der Waals surface area contributed by atoms with Crippen LogP contribution in [0.4, 0.5) is 0 Å². The number of hydrogen-bond donors (Lipinski definition) is 0. The first-order chi connectivity index (χ1) is 17.0. The van der Waals surface area contributed by atoms with E-state index in [9.17, 15) is 9.59 Å². The van der Waals surface area contributed by atoms with Crippen LogP contribution in [0.1, 0.15) is 84.0 Å². The van der Waals surface area contributed by atoms with Gasteiger partial charge in [0, 0.05) is 13.0 Å². The van der Waals surface area contributed by atoms with Crippen molar-refractivity contribution in [3.05, 3.63) is 64.7 Å². The zero-order valence-corrected chi connectivity index (χ0v) is 21.6. The Balaban J connectivity index is 1.92. The highest BCUT2D eigenvalue weighted by atomic mass is 16.5. The van der Waals surface area contributed by atoms with Crippen LogP contribution in [0.2, 0.25) is 0 Å². The number of carbonyl (C=O) groups is 1. The molecule has 35 heavy (non-hydrogen) atoms. The molecular weight excluding hydrogens is 438 g/mol. The van der Waals surface area contributed by atoms with Gasteiger partial charge in [0.2, 0.25) is 5.91 Å². The number of aromatic nitrogens is 2. The lowest BCUT2D eigenvalue weighted by atomic mass is 10.1. The van der Waals surface area contributed by atoms with Gasteiger partial charge in [-0.3, -0.25) is 14.2 Å². The van der Waals surface area contributed by atoms with E-state index in [0.717, 1.165) is 12.8 Å². The molecule has 1 atom stereocenters. The highest BCUT2D eigenvalue weighted by molar-refractivity contribution is 5.79. The normalized spacial score (nSPS) is 12.0. The van der Waals surface area contributed by atoms with Crippen molar-refractivity contribution in [3.63, 3.8) is 0 Å². The van der Waals surface area contributed by atoms with Gasteiger partial charge in [-0.1, -0.05) is 69.7 Å². The number of fused-ring (bicyclic) bond motifs is 1. The third-order valence-electron chi connectivity index (χ3n) is 6.62. The van der Waals surface area contributed by atoms with Gasteiger partial charge in [0.25, 0.3) is 5.56 Å². The fourth-order valence-corrected chi connectivity index (χ4v) is 4.66. The quantitative estimate of drug-likeness (QED) is 0.266. The highest BCUT2D eigenvalue weighted by Gasteiger charge is 2.26. The Morgan fingerprint density at radius 3 is 2.34 bits per heavy atom. The molecular formula is C29H39N3O3. The maximum atomic E-state index is 13.7. The second-order valence-electron chi connectivity index (χ2n) is 9.03. The summed E-state index contributed by atoms with van der Waals surface area (Å²) in [7, 11) is 1.59. The molecule has 0 aliphatic heterocycles. The van der Waals surface area contributed by atoms with Crippen molar-refractivity contribution >= 4 is 16.8 Å². The fraction of sp³-hybridized carbons (Fsp3) is 0.483. The summed E-state index contributed by atoms with van der Waals surface area (Å²) < 4.78 is 7.17. The van der Waals surface area contributed by atoms with E-state index < -0.39 is 0 Å². The average molecular weight is 478 g/mol. The number of unbranched alkanes of at least 4 members (excludes halogenated alkanes) is 6. The van der Waals surface area contributed by atoms with E-state index in [-0.39, 0.29) is 17.5 Å². The monoisotopic (exact) mass is 477 g/mol. The molecule has 0 saturated heterocycles. The second-order valence-corrected chi connectivity index (χ2v) is 9.03. The highest BCUT2D eigenvalue weighted by Crippen LogP contribution is 2.28. The zero-order valence-electron chi connectivity index (χ0n) is 21.6. The minimum atomic E-state index is -0.376. The number of rotatable bonds is 13. The van der Waals surface area contributed by atoms with Crippen molar-refractivity contribution in [1.29, 1.82) is 0 Å². The molecule has 1 unspecified atom stereocenters. The van der Waals surface area contributed by atoms with Crippen LogP contribution >= 0.6 is 0 Å². The smallest absolute Gasteiger partial charge is 0.266 e. The van der Waals surface area contributed by atoms with Crippen molar-refractivity contribution in [2.24, 2.45) is 0 Å². The molecule has 6 heteroatoms. The molecule has 1 aromatic heterocycles. The minimum Gasteiger partial charge on any atom is -0.495 e. The largest absolute Gasteiger partial charge is 0.495 e. The van der Waals surface area contributed by atoms with Gasteiger partial charge in [0.1, 0.15) is 11.6 Å². The molecule has 0 aliphatic carbocycles. The lowest BCUT2D eigenvalue weighted by Crippen LogP contribution is -2.37. The molecule has 0 fully saturated rings. The van der Waals surface area contributed by atoms with Gasteiger partial charge in [-0.25, -0.2) is 4.98 Å². The standard InChI is InChI=1S/C29H39N3O3/c1-5-7-8-9-10-11-12-21-27(33)31(6-2)22(3)28-30-24-18-14-13-17-23(24)29(34)32(28)25-19-15-16-20-26(25)35-4/h13-20,22H,5-12,21H2,1-4H3. The van der Waals surface area contributed by atoms with Crippen molar-refractivity contribution in [2.75, 3.05) is 13.7 Å². The van der Waals surface area contributed by atoms with E-state index in [1.165, 1.54) is 32.1 Å². The Bertz CT molecular complexity index is 1170. The number of ether oxygens (including phenoxy) is 1. The molecule has 0 N–H and O–H groups in total. The van der Waals surface area contributed by atoms with Gasteiger partial charge in [0.05, 0.1) is 29.7 Å². The zero-order chi connectivity index (χ0) is 25.2. The maximum absolute atomic E-state index is 13.7. The Morgan fingerprint density at radius 2 is 1.63 bits per heavy atom. The SMILES string of the molecule is CCCCCCCCCC(=O)N(CC)C(C)c1nc2ccccc2c(=O)n1-c1ccccc1OC. The topological polar surface area (TPSA) is 64.4 Å². The number of benzene rings is 2. The van der Waals surface area contributed by atoms with Crippen LogP contribution in [-0.2, 0) is 4.79 Å². The van der Waals surface area contributed by atoms with Crippen LogP contribution in [0.25, 0.3) is 16.6 Å². The summed E-state index contributed by atoms with van der Waals surface area (Å²) in [5.41, 5.74) is 1.08. The summed E-state index contributed by atoms with van der Waals surface area (Å²) in [6.45, 7) is 6.70. The first kappa shape index (κ1) is 26.5. The minimum absolute atomic E-state index is 0.0996. The molecule has 0 radical (unpaired) electrons. The Morgan fingerprint density at radius 1 is 0.971 bits per heavy atom. The van der Waals surface area contributed by atoms with E-state index in [1.807, 2.05) is 61.2 Å². The predicted molar refractivity (Wildman–Crippen MR) is 142 cm³/mol. The summed E-state index contributed by atoms with van der Waals surface area (Å²) in [4.78, 5) is 33.6. The molecule has 2 aromatic carbocycles. The number of methoxy groups -OCH3 is 1. The maximum Gasteiger partial charge on any atom is 0.266 e. The van der Waals surface area contributed by atoms with Crippen LogP contribution in [0, 0.1) is 0 Å². The number of amides is 1. The first-order valence-corrected chi connectivity index (χ1v) is 13.0. The van der Waals surface area contributed by atoms with Crippen LogP contribution < -0.4 is 10.3 Å². The lowest BCUT2D eigenvalue weighted by molar-refractivity contribution is -0.133. The summed E-state index contributed by atoms with van der Waals surface area (Å²) in [5.74, 6) is 1.22. The molecule has 6 nitrogen and oxygen atoms in total. The molecule has 0 aliphatic rings. The first-order valence-electron chi connectivity index (χ1n) is 13.0. The Labute approximate surface area is 208 Å². The summed E-state index contributed by atoms with van der Waals surface area (Å²) in [5, 5.41) is 0.534. The Hall–Kier alpha value is -3.15. The molecule has 3 aromatic rings. The van der Waals surface area contributed by atoms with Gasteiger partial charge < -0.3 is 9.64 Å². The summed E-state index contributed by atoms with van der Waals surface area (Å²) in [6, 6.07) is 14.4. The van der Waals surface area contributed by atoms with Crippen LogP contribution in [0.3, 0.4) is 0 Å². The molecule has 188 valence electrons. The van der Waals surface area contributed by atoms with Crippen LogP contribution in [0.5, 0.6) is 5.75 Å².